The van der Waals surface area contributed by atoms with Crippen LogP contribution in [0.15, 0.2) is 30.3 Å². The lowest BCUT2D eigenvalue weighted by Gasteiger charge is -2.22. The lowest BCUT2D eigenvalue weighted by atomic mass is 9.96. The second-order valence-corrected chi connectivity index (χ2v) is 6.10. The summed E-state index contributed by atoms with van der Waals surface area (Å²) in [5.41, 5.74) is -0.808. The van der Waals surface area contributed by atoms with Crippen molar-refractivity contribution in [3.8, 4) is 5.75 Å². The molecular weight excluding hydrogens is 284 g/mol. The van der Waals surface area contributed by atoms with E-state index in [1.54, 1.807) is 19.1 Å². The second-order valence-electron chi connectivity index (χ2n) is 6.10. The Hall–Kier alpha value is -2.08. The molecule has 0 radical (unpaired) electrons. The summed E-state index contributed by atoms with van der Waals surface area (Å²) in [6.45, 7) is 1.73. The highest BCUT2D eigenvalue weighted by molar-refractivity contribution is 6.07. The molecule has 1 aliphatic carbocycles. The first kappa shape index (κ1) is 14.8. The Morgan fingerprint density at radius 3 is 2.68 bits per heavy atom. The number of aliphatic hydroxyl groups excluding tert-OH is 1. The van der Waals surface area contributed by atoms with Crippen molar-refractivity contribution in [3.05, 3.63) is 30.3 Å². The molecule has 0 aromatic heterocycles. The molecule has 1 saturated carbocycles. The monoisotopic (exact) mass is 304 g/mol. The van der Waals surface area contributed by atoms with Crippen molar-refractivity contribution in [3.63, 3.8) is 0 Å². The fourth-order valence-electron chi connectivity index (χ4n) is 2.79. The summed E-state index contributed by atoms with van der Waals surface area (Å²) in [5.74, 6) is 0.604. The van der Waals surface area contributed by atoms with Crippen molar-refractivity contribution < 1.29 is 19.4 Å². The van der Waals surface area contributed by atoms with Gasteiger partial charge in [0, 0.05) is 0 Å². The highest BCUT2D eigenvalue weighted by Gasteiger charge is 2.56. The van der Waals surface area contributed by atoms with Crippen molar-refractivity contribution in [2.45, 2.75) is 31.4 Å². The van der Waals surface area contributed by atoms with Crippen LogP contribution < -0.4 is 10.1 Å². The predicted molar refractivity (Wildman–Crippen MR) is 79.3 cm³/mol. The van der Waals surface area contributed by atoms with Crippen molar-refractivity contribution in [1.82, 2.24) is 10.2 Å². The van der Waals surface area contributed by atoms with Gasteiger partial charge in [-0.2, -0.15) is 0 Å². The number of rotatable bonds is 6. The molecule has 0 bridgehead atoms. The van der Waals surface area contributed by atoms with Crippen LogP contribution >= 0.6 is 0 Å². The number of nitrogens with one attached hydrogen (secondary N) is 1. The molecule has 0 spiro atoms. The first-order valence-corrected chi connectivity index (χ1v) is 7.51. The lowest BCUT2D eigenvalue weighted by Crippen LogP contribution is -2.46. The largest absolute Gasteiger partial charge is 0.491 e. The summed E-state index contributed by atoms with van der Waals surface area (Å²) >= 11 is 0. The van der Waals surface area contributed by atoms with Gasteiger partial charge in [0.2, 0.25) is 0 Å². The number of para-hydroxylation sites is 1. The Morgan fingerprint density at radius 1 is 1.36 bits per heavy atom. The number of ether oxygens (including phenoxy) is 1. The Labute approximate surface area is 129 Å². The standard InChI is InChI=1S/C16H20N2O4/c1-16(11-7-8-11)14(20)18(15(21)17-16)9-12(19)10-22-13-5-3-2-4-6-13/h2-6,11-12,19H,7-10H2,1H3,(H,17,21). The van der Waals surface area contributed by atoms with Gasteiger partial charge in [-0.3, -0.25) is 9.69 Å². The maximum absolute atomic E-state index is 12.4. The van der Waals surface area contributed by atoms with Crippen molar-refractivity contribution in [2.75, 3.05) is 13.2 Å². The smallest absolute Gasteiger partial charge is 0.325 e. The van der Waals surface area contributed by atoms with Crippen LogP contribution in [0.2, 0.25) is 0 Å². The molecule has 22 heavy (non-hydrogen) atoms. The molecule has 3 amide bonds. The zero-order valence-electron chi connectivity index (χ0n) is 12.5. The highest BCUT2D eigenvalue weighted by atomic mass is 16.5. The lowest BCUT2D eigenvalue weighted by molar-refractivity contribution is -0.132. The van der Waals surface area contributed by atoms with Gasteiger partial charge in [0.1, 0.15) is 24.0 Å². The van der Waals surface area contributed by atoms with Crippen LogP contribution in [0.25, 0.3) is 0 Å². The van der Waals surface area contributed by atoms with Gasteiger partial charge in [-0.05, 0) is 37.8 Å². The number of aliphatic hydroxyl groups is 1. The molecule has 1 aromatic rings. The maximum atomic E-state index is 12.4. The Bertz CT molecular complexity index is 573. The molecule has 1 saturated heterocycles. The second kappa shape index (κ2) is 5.61. The fourth-order valence-corrected chi connectivity index (χ4v) is 2.79. The van der Waals surface area contributed by atoms with Gasteiger partial charge in [-0.15, -0.1) is 0 Å². The number of carbonyl (C=O) groups is 2. The number of imide groups is 1. The predicted octanol–water partition coefficient (Wildman–Crippen LogP) is 1.15. The number of urea groups is 1. The number of benzene rings is 1. The highest BCUT2D eigenvalue weighted by Crippen LogP contribution is 2.42. The van der Waals surface area contributed by atoms with Crippen LogP contribution in [-0.4, -0.2) is 46.7 Å². The summed E-state index contributed by atoms with van der Waals surface area (Å²) in [6.07, 6.45) is 0.989. The average molecular weight is 304 g/mol. The Balaban J connectivity index is 1.56. The van der Waals surface area contributed by atoms with Crippen molar-refractivity contribution in [1.29, 1.82) is 0 Å². The zero-order chi connectivity index (χ0) is 15.7. The third-order valence-electron chi connectivity index (χ3n) is 4.27. The molecule has 2 aliphatic rings. The molecule has 2 fully saturated rings. The first-order valence-electron chi connectivity index (χ1n) is 7.51. The summed E-state index contributed by atoms with van der Waals surface area (Å²) < 4.78 is 5.44. The van der Waals surface area contributed by atoms with E-state index in [0.717, 1.165) is 17.7 Å². The van der Waals surface area contributed by atoms with E-state index < -0.39 is 17.7 Å². The molecule has 2 unspecified atom stereocenters. The van der Waals surface area contributed by atoms with E-state index in [2.05, 4.69) is 5.32 Å². The summed E-state index contributed by atoms with van der Waals surface area (Å²) in [6, 6.07) is 8.67. The van der Waals surface area contributed by atoms with Gasteiger partial charge in [0.15, 0.2) is 0 Å². The molecule has 1 aromatic carbocycles. The van der Waals surface area contributed by atoms with E-state index in [-0.39, 0.29) is 25.0 Å². The van der Waals surface area contributed by atoms with Crippen molar-refractivity contribution in [2.24, 2.45) is 5.92 Å². The topological polar surface area (TPSA) is 78.9 Å². The zero-order valence-corrected chi connectivity index (χ0v) is 12.5. The molecule has 1 aliphatic heterocycles. The molecule has 3 rings (SSSR count). The number of hydrogen-bond donors (Lipinski definition) is 2. The van der Waals surface area contributed by atoms with Gasteiger partial charge in [0.25, 0.3) is 5.91 Å². The molecule has 6 nitrogen and oxygen atoms in total. The quantitative estimate of drug-likeness (QED) is 0.773. The number of β-amino-alcohol motifs (C(OH)–C–C–N with tert-alkyl or cyclic N) is 1. The van der Waals surface area contributed by atoms with Gasteiger partial charge in [-0.1, -0.05) is 18.2 Å². The van der Waals surface area contributed by atoms with Crippen LogP contribution in [0.3, 0.4) is 0 Å². The molecular formula is C16H20N2O4. The SMILES string of the molecule is CC1(C2CC2)NC(=O)N(CC(O)COc2ccccc2)C1=O. The van der Waals surface area contributed by atoms with Crippen molar-refractivity contribution >= 4 is 11.9 Å². The minimum Gasteiger partial charge on any atom is -0.491 e. The van der Waals surface area contributed by atoms with Gasteiger partial charge in [-0.25, -0.2) is 4.79 Å². The van der Waals surface area contributed by atoms with E-state index in [0.29, 0.717) is 5.75 Å². The van der Waals surface area contributed by atoms with Crippen LogP contribution in [0.5, 0.6) is 5.75 Å². The van der Waals surface area contributed by atoms with E-state index in [1.165, 1.54) is 0 Å². The fraction of sp³-hybridized carbons (Fsp3) is 0.500. The molecule has 6 heteroatoms. The summed E-state index contributed by atoms with van der Waals surface area (Å²) in [5, 5.41) is 12.8. The van der Waals surface area contributed by atoms with Gasteiger partial charge < -0.3 is 15.2 Å². The van der Waals surface area contributed by atoms with E-state index in [1.807, 2.05) is 18.2 Å². The number of amides is 3. The number of hydrogen-bond acceptors (Lipinski definition) is 4. The Kier molecular flexibility index (Phi) is 3.78. The molecule has 2 N–H and O–H groups in total. The van der Waals surface area contributed by atoms with E-state index in [9.17, 15) is 14.7 Å². The normalized spacial score (nSPS) is 26.0. The third kappa shape index (κ3) is 2.78. The van der Waals surface area contributed by atoms with Crippen LogP contribution in [-0.2, 0) is 4.79 Å². The minimum atomic E-state index is -0.920. The van der Waals surface area contributed by atoms with Crippen LogP contribution in [0.4, 0.5) is 4.79 Å². The van der Waals surface area contributed by atoms with Gasteiger partial charge >= 0.3 is 6.03 Å². The molecule has 1 heterocycles. The maximum Gasteiger partial charge on any atom is 0.325 e. The van der Waals surface area contributed by atoms with Crippen LogP contribution in [0, 0.1) is 5.92 Å². The number of nitrogens with zero attached hydrogens (tertiary/aromatic N) is 1. The van der Waals surface area contributed by atoms with Gasteiger partial charge in [0.05, 0.1) is 6.54 Å². The molecule has 118 valence electrons. The van der Waals surface area contributed by atoms with Crippen LogP contribution in [0.1, 0.15) is 19.8 Å². The third-order valence-corrected chi connectivity index (χ3v) is 4.27. The van der Waals surface area contributed by atoms with E-state index in [4.69, 9.17) is 4.74 Å². The average Bonchev–Trinajstić information content (AvgIpc) is 3.33. The molecule has 2 atom stereocenters. The summed E-state index contributed by atoms with van der Waals surface area (Å²) in [4.78, 5) is 25.5. The summed E-state index contributed by atoms with van der Waals surface area (Å²) in [7, 11) is 0. The minimum absolute atomic E-state index is 0.0290. The Morgan fingerprint density at radius 2 is 2.05 bits per heavy atom. The first-order chi connectivity index (χ1) is 10.5. The van der Waals surface area contributed by atoms with E-state index >= 15 is 0 Å². The number of carbonyl (C=O) groups excluding carboxylic acids is 2.